The Bertz CT molecular complexity index is 1020. The minimum atomic E-state index is -0.595. The molecule has 0 aliphatic rings. The number of hydrogen-bond donors (Lipinski definition) is 0. The summed E-state index contributed by atoms with van der Waals surface area (Å²) in [6.45, 7) is 7.64. The van der Waals surface area contributed by atoms with Crippen LogP contribution in [0.15, 0.2) is 42.5 Å². The van der Waals surface area contributed by atoms with E-state index in [1.807, 2.05) is 64.1 Å². The first-order valence-corrected chi connectivity index (χ1v) is 8.52. The van der Waals surface area contributed by atoms with Gasteiger partial charge in [-0.25, -0.2) is 9.78 Å². The standard InChI is InChI=1S/C22H21NO3/c1-13-11-18(16(4)15(3)14(13)2)21(24)12-26-22(25)20-10-9-17-7-5-6-8-19(17)23-20/h5-11H,12H2,1-4H3. The Hall–Kier alpha value is -3.01. The Morgan fingerprint density at radius 1 is 0.923 bits per heavy atom. The summed E-state index contributed by atoms with van der Waals surface area (Å²) >= 11 is 0. The van der Waals surface area contributed by atoms with Crippen molar-refractivity contribution in [3.63, 3.8) is 0 Å². The number of ether oxygens (including phenoxy) is 1. The molecule has 0 aliphatic carbocycles. The monoisotopic (exact) mass is 347 g/mol. The van der Waals surface area contributed by atoms with E-state index < -0.39 is 5.97 Å². The molecule has 0 unspecified atom stereocenters. The van der Waals surface area contributed by atoms with E-state index in [0.29, 0.717) is 11.1 Å². The maximum Gasteiger partial charge on any atom is 0.357 e. The molecule has 1 aromatic heterocycles. The molecule has 26 heavy (non-hydrogen) atoms. The Balaban J connectivity index is 1.75. The zero-order valence-corrected chi connectivity index (χ0v) is 15.4. The van der Waals surface area contributed by atoms with Gasteiger partial charge in [-0.2, -0.15) is 0 Å². The van der Waals surface area contributed by atoms with Gasteiger partial charge in [0.15, 0.2) is 6.61 Å². The number of nitrogens with zero attached hydrogens (tertiary/aromatic N) is 1. The zero-order chi connectivity index (χ0) is 18.8. The molecule has 0 atom stereocenters. The summed E-state index contributed by atoms with van der Waals surface area (Å²) in [4.78, 5) is 29.1. The molecule has 3 aromatic rings. The number of pyridine rings is 1. The number of Topliss-reactive ketones (excluding diaryl/α,β-unsaturated/α-hetero) is 1. The van der Waals surface area contributed by atoms with Gasteiger partial charge in [-0.3, -0.25) is 4.79 Å². The third-order valence-corrected chi connectivity index (χ3v) is 4.92. The summed E-state index contributed by atoms with van der Waals surface area (Å²) in [7, 11) is 0. The number of carbonyl (C=O) groups excluding carboxylic acids is 2. The van der Waals surface area contributed by atoms with Crippen LogP contribution in [-0.4, -0.2) is 23.3 Å². The summed E-state index contributed by atoms with van der Waals surface area (Å²) in [5, 5.41) is 0.946. The summed E-state index contributed by atoms with van der Waals surface area (Å²) < 4.78 is 5.21. The van der Waals surface area contributed by atoms with E-state index >= 15 is 0 Å². The van der Waals surface area contributed by atoms with Crippen molar-refractivity contribution in [3.8, 4) is 0 Å². The molecular formula is C22H21NO3. The molecule has 0 saturated heterocycles. The lowest BCUT2D eigenvalue weighted by Gasteiger charge is -2.13. The van der Waals surface area contributed by atoms with Crippen LogP contribution >= 0.6 is 0 Å². The van der Waals surface area contributed by atoms with E-state index in [1.54, 1.807) is 6.07 Å². The Labute approximate surface area is 152 Å². The number of fused-ring (bicyclic) bond motifs is 1. The fourth-order valence-electron chi connectivity index (χ4n) is 2.96. The zero-order valence-electron chi connectivity index (χ0n) is 15.4. The first-order valence-electron chi connectivity index (χ1n) is 8.52. The van der Waals surface area contributed by atoms with Crippen LogP contribution in [0.25, 0.3) is 10.9 Å². The summed E-state index contributed by atoms with van der Waals surface area (Å²) in [6.07, 6.45) is 0. The highest BCUT2D eigenvalue weighted by molar-refractivity contribution is 6.01. The van der Waals surface area contributed by atoms with Crippen LogP contribution in [0.5, 0.6) is 0 Å². The van der Waals surface area contributed by atoms with E-state index in [4.69, 9.17) is 4.74 Å². The number of aromatic nitrogens is 1. The van der Waals surface area contributed by atoms with E-state index in [9.17, 15) is 9.59 Å². The number of rotatable bonds is 4. The van der Waals surface area contributed by atoms with Gasteiger partial charge >= 0.3 is 5.97 Å². The van der Waals surface area contributed by atoms with Gasteiger partial charge in [0.25, 0.3) is 0 Å². The molecule has 1 heterocycles. The largest absolute Gasteiger partial charge is 0.453 e. The molecule has 0 N–H and O–H groups in total. The molecule has 0 bridgehead atoms. The van der Waals surface area contributed by atoms with Gasteiger partial charge in [-0.05, 0) is 68.1 Å². The molecule has 132 valence electrons. The van der Waals surface area contributed by atoms with Crippen LogP contribution in [0.4, 0.5) is 0 Å². The van der Waals surface area contributed by atoms with Crippen molar-refractivity contribution in [1.82, 2.24) is 4.98 Å². The highest BCUT2D eigenvalue weighted by atomic mass is 16.5. The third-order valence-electron chi connectivity index (χ3n) is 4.92. The normalized spacial score (nSPS) is 10.8. The number of hydrogen-bond acceptors (Lipinski definition) is 4. The molecular weight excluding hydrogens is 326 g/mol. The number of esters is 1. The fourth-order valence-corrected chi connectivity index (χ4v) is 2.96. The fraction of sp³-hybridized carbons (Fsp3) is 0.227. The number of para-hydroxylation sites is 1. The average molecular weight is 347 g/mol. The molecule has 0 saturated carbocycles. The average Bonchev–Trinajstić information content (AvgIpc) is 2.66. The lowest BCUT2D eigenvalue weighted by atomic mass is 9.93. The first kappa shape index (κ1) is 17.8. The number of carbonyl (C=O) groups is 2. The van der Waals surface area contributed by atoms with Crippen molar-refractivity contribution in [2.45, 2.75) is 27.7 Å². The summed E-state index contributed by atoms with van der Waals surface area (Å²) in [5.41, 5.74) is 5.77. The molecule has 0 amide bonds. The van der Waals surface area contributed by atoms with Crippen molar-refractivity contribution < 1.29 is 14.3 Å². The highest BCUT2D eigenvalue weighted by Gasteiger charge is 2.17. The quantitative estimate of drug-likeness (QED) is 0.515. The molecule has 0 radical (unpaired) electrons. The van der Waals surface area contributed by atoms with E-state index in [2.05, 4.69) is 4.98 Å². The smallest absolute Gasteiger partial charge is 0.357 e. The van der Waals surface area contributed by atoms with Crippen LogP contribution in [0.3, 0.4) is 0 Å². The van der Waals surface area contributed by atoms with E-state index in [1.165, 1.54) is 5.56 Å². The lowest BCUT2D eigenvalue weighted by Crippen LogP contribution is -2.17. The minimum Gasteiger partial charge on any atom is -0.453 e. The molecule has 2 aromatic carbocycles. The van der Waals surface area contributed by atoms with Gasteiger partial charge < -0.3 is 4.74 Å². The molecule has 0 fully saturated rings. The van der Waals surface area contributed by atoms with Crippen LogP contribution in [0.2, 0.25) is 0 Å². The van der Waals surface area contributed by atoms with Gasteiger partial charge in [0.2, 0.25) is 5.78 Å². The van der Waals surface area contributed by atoms with Crippen molar-refractivity contribution in [1.29, 1.82) is 0 Å². The van der Waals surface area contributed by atoms with Gasteiger partial charge in [-0.1, -0.05) is 24.3 Å². The molecule has 3 rings (SSSR count). The lowest BCUT2D eigenvalue weighted by molar-refractivity contribution is 0.0469. The summed E-state index contributed by atoms with van der Waals surface area (Å²) in [6, 6.07) is 12.8. The molecule has 4 heteroatoms. The van der Waals surface area contributed by atoms with Gasteiger partial charge in [-0.15, -0.1) is 0 Å². The van der Waals surface area contributed by atoms with Crippen LogP contribution < -0.4 is 0 Å². The second kappa shape index (κ2) is 7.08. The number of ketones is 1. The number of benzene rings is 2. The predicted molar refractivity (Wildman–Crippen MR) is 102 cm³/mol. The second-order valence-electron chi connectivity index (χ2n) is 6.50. The Morgan fingerprint density at radius 3 is 2.42 bits per heavy atom. The van der Waals surface area contributed by atoms with Gasteiger partial charge in [0.1, 0.15) is 5.69 Å². The maximum atomic E-state index is 12.5. The second-order valence-corrected chi connectivity index (χ2v) is 6.50. The van der Waals surface area contributed by atoms with E-state index in [0.717, 1.165) is 22.1 Å². The number of aryl methyl sites for hydroxylation is 1. The molecule has 4 nitrogen and oxygen atoms in total. The predicted octanol–water partition coefficient (Wildman–Crippen LogP) is 4.51. The summed E-state index contributed by atoms with van der Waals surface area (Å²) in [5.74, 6) is -0.801. The maximum absolute atomic E-state index is 12.5. The third kappa shape index (κ3) is 3.36. The van der Waals surface area contributed by atoms with E-state index in [-0.39, 0.29) is 18.1 Å². The Morgan fingerprint density at radius 2 is 1.65 bits per heavy atom. The Kier molecular flexibility index (Phi) is 4.85. The van der Waals surface area contributed by atoms with Gasteiger partial charge in [0, 0.05) is 10.9 Å². The van der Waals surface area contributed by atoms with Crippen LogP contribution in [-0.2, 0) is 4.74 Å². The molecule has 0 aliphatic heterocycles. The first-order chi connectivity index (χ1) is 12.4. The van der Waals surface area contributed by atoms with Crippen LogP contribution in [0, 0.1) is 27.7 Å². The van der Waals surface area contributed by atoms with Gasteiger partial charge in [0.05, 0.1) is 5.52 Å². The van der Waals surface area contributed by atoms with Crippen molar-refractivity contribution in [2.75, 3.05) is 6.61 Å². The highest BCUT2D eigenvalue weighted by Crippen LogP contribution is 2.22. The van der Waals surface area contributed by atoms with Crippen molar-refractivity contribution >= 4 is 22.7 Å². The molecule has 0 spiro atoms. The minimum absolute atomic E-state index is 0.199. The van der Waals surface area contributed by atoms with Crippen molar-refractivity contribution in [3.05, 3.63) is 76.0 Å². The van der Waals surface area contributed by atoms with Crippen molar-refractivity contribution in [2.24, 2.45) is 0 Å². The SMILES string of the molecule is Cc1cc(C(=O)COC(=O)c2ccc3ccccc3n2)c(C)c(C)c1C. The van der Waals surface area contributed by atoms with Crippen LogP contribution in [0.1, 0.15) is 43.1 Å². The topological polar surface area (TPSA) is 56.3 Å².